The zero-order valence-electron chi connectivity index (χ0n) is 7.82. The zero-order chi connectivity index (χ0) is 11.5. The van der Waals surface area contributed by atoms with Gasteiger partial charge in [-0.25, -0.2) is 4.98 Å². The molecule has 0 fully saturated rings. The first-order valence-electron chi connectivity index (χ1n) is 4.27. The first-order valence-corrected chi connectivity index (χ1v) is 5.40. The summed E-state index contributed by atoms with van der Waals surface area (Å²) in [5, 5.41) is 0.855. The van der Waals surface area contributed by atoms with Crippen molar-refractivity contribution in [2.24, 2.45) is 0 Å². The molecule has 82 valence electrons. The predicted molar refractivity (Wildman–Crippen MR) is 63.6 cm³/mol. The van der Waals surface area contributed by atoms with Gasteiger partial charge in [-0.1, -0.05) is 29.3 Å². The molecular formula is C10H5Cl3N2O. The van der Waals surface area contributed by atoms with Gasteiger partial charge in [-0.15, -0.1) is 0 Å². The van der Waals surface area contributed by atoms with Crippen LogP contribution >= 0.6 is 34.8 Å². The number of ether oxygens (including phenoxy) is 1. The Morgan fingerprint density at radius 3 is 2.62 bits per heavy atom. The van der Waals surface area contributed by atoms with Crippen LogP contribution in [0.5, 0.6) is 11.6 Å². The fourth-order valence-electron chi connectivity index (χ4n) is 1.05. The highest BCUT2D eigenvalue weighted by Crippen LogP contribution is 2.33. The molecule has 0 aliphatic heterocycles. The van der Waals surface area contributed by atoms with Gasteiger partial charge in [-0.3, -0.25) is 0 Å². The predicted octanol–water partition coefficient (Wildman–Crippen LogP) is 4.23. The summed E-state index contributed by atoms with van der Waals surface area (Å²) < 4.78 is 5.42. The molecule has 1 aromatic heterocycles. The maximum Gasteiger partial charge on any atom is 0.225 e. The summed E-state index contributed by atoms with van der Waals surface area (Å²) in [5.74, 6) is 0.730. The molecule has 6 heteroatoms. The maximum atomic E-state index is 5.95. The molecule has 0 aliphatic carbocycles. The SMILES string of the molecule is Clc1nccc(Oc2cccc(Cl)c2Cl)n1. The number of halogens is 3. The monoisotopic (exact) mass is 274 g/mol. The van der Waals surface area contributed by atoms with Crippen LogP contribution in [0.15, 0.2) is 30.5 Å². The summed E-state index contributed by atoms with van der Waals surface area (Å²) >= 11 is 17.4. The van der Waals surface area contributed by atoms with Crippen molar-refractivity contribution in [3.63, 3.8) is 0 Å². The Bertz CT molecular complexity index is 519. The van der Waals surface area contributed by atoms with E-state index in [-0.39, 0.29) is 5.28 Å². The lowest BCUT2D eigenvalue weighted by Gasteiger charge is -2.06. The third-order valence-corrected chi connectivity index (χ3v) is 2.71. The molecule has 1 heterocycles. The number of nitrogens with zero attached hydrogens (tertiary/aromatic N) is 2. The van der Waals surface area contributed by atoms with E-state index in [1.807, 2.05) is 0 Å². The molecule has 3 nitrogen and oxygen atoms in total. The van der Waals surface area contributed by atoms with Gasteiger partial charge in [0.1, 0.15) is 10.8 Å². The molecule has 2 aromatic rings. The molecular weight excluding hydrogens is 270 g/mol. The molecule has 0 amide bonds. The first kappa shape index (κ1) is 11.5. The van der Waals surface area contributed by atoms with Gasteiger partial charge in [0, 0.05) is 12.3 Å². The Morgan fingerprint density at radius 2 is 1.88 bits per heavy atom. The van der Waals surface area contributed by atoms with Crippen LogP contribution in [0, 0.1) is 0 Å². The van der Waals surface area contributed by atoms with E-state index in [0.717, 1.165) is 0 Å². The minimum Gasteiger partial charge on any atom is -0.437 e. The van der Waals surface area contributed by atoms with E-state index in [0.29, 0.717) is 21.7 Å². The Labute approximate surface area is 107 Å². The van der Waals surface area contributed by atoms with Crippen LogP contribution in [0.1, 0.15) is 0 Å². The lowest BCUT2D eigenvalue weighted by atomic mass is 10.3. The van der Waals surface area contributed by atoms with Crippen LogP contribution in [-0.4, -0.2) is 9.97 Å². The molecule has 16 heavy (non-hydrogen) atoms. The summed E-state index contributed by atoms with van der Waals surface area (Å²) in [7, 11) is 0. The maximum absolute atomic E-state index is 5.95. The van der Waals surface area contributed by atoms with Gasteiger partial charge in [-0.2, -0.15) is 4.98 Å². The number of aromatic nitrogens is 2. The van der Waals surface area contributed by atoms with Gasteiger partial charge >= 0.3 is 0 Å². The van der Waals surface area contributed by atoms with Gasteiger partial charge in [0.25, 0.3) is 0 Å². The summed E-state index contributed by atoms with van der Waals surface area (Å²) in [4.78, 5) is 7.61. The molecule has 2 rings (SSSR count). The van der Waals surface area contributed by atoms with Gasteiger partial charge in [0.15, 0.2) is 0 Å². The van der Waals surface area contributed by atoms with Crippen LogP contribution in [0.2, 0.25) is 15.3 Å². The molecule has 0 radical (unpaired) electrons. The van der Waals surface area contributed by atoms with Gasteiger partial charge < -0.3 is 4.74 Å². The minimum atomic E-state index is 0.107. The highest BCUT2D eigenvalue weighted by molar-refractivity contribution is 6.42. The van der Waals surface area contributed by atoms with Crippen LogP contribution in [0.4, 0.5) is 0 Å². The molecule has 0 aliphatic rings. The number of rotatable bonds is 2. The van der Waals surface area contributed by atoms with Crippen LogP contribution in [0.3, 0.4) is 0 Å². The Kier molecular flexibility index (Phi) is 3.49. The quantitative estimate of drug-likeness (QED) is 0.769. The summed E-state index contributed by atoms with van der Waals surface area (Å²) in [5.41, 5.74) is 0. The lowest BCUT2D eigenvalue weighted by molar-refractivity contribution is 0.462. The fraction of sp³-hybridized carbons (Fsp3) is 0. The van der Waals surface area contributed by atoms with Crippen LogP contribution < -0.4 is 4.74 Å². The van der Waals surface area contributed by atoms with Crippen molar-refractivity contribution in [3.05, 3.63) is 45.8 Å². The van der Waals surface area contributed by atoms with E-state index in [1.54, 1.807) is 24.3 Å². The van der Waals surface area contributed by atoms with Crippen molar-refractivity contribution in [1.29, 1.82) is 0 Å². The van der Waals surface area contributed by atoms with Crippen molar-refractivity contribution in [2.45, 2.75) is 0 Å². The molecule has 0 saturated heterocycles. The average molecular weight is 276 g/mol. The van der Waals surface area contributed by atoms with Crippen LogP contribution in [0.25, 0.3) is 0 Å². The topological polar surface area (TPSA) is 35.0 Å². The van der Waals surface area contributed by atoms with E-state index in [1.165, 1.54) is 6.20 Å². The van der Waals surface area contributed by atoms with E-state index in [2.05, 4.69) is 9.97 Å². The number of hydrogen-bond acceptors (Lipinski definition) is 3. The summed E-state index contributed by atoms with van der Waals surface area (Å²) in [6.07, 6.45) is 1.49. The second-order valence-electron chi connectivity index (χ2n) is 2.82. The largest absolute Gasteiger partial charge is 0.437 e. The Hall–Kier alpha value is -1.03. The third kappa shape index (κ3) is 2.55. The van der Waals surface area contributed by atoms with Gasteiger partial charge in [-0.05, 0) is 23.7 Å². The number of hydrogen-bond donors (Lipinski definition) is 0. The van der Waals surface area contributed by atoms with E-state index < -0.39 is 0 Å². The molecule has 0 saturated carbocycles. The molecule has 0 spiro atoms. The molecule has 0 atom stereocenters. The highest BCUT2D eigenvalue weighted by Gasteiger charge is 2.07. The highest BCUT2D eigenvalue weighted by atomic mass is 35.5. The molecule has 0 N–H and O–H groups in total. The summed E-state index contributed by atoms with van der Waals surface area (Å²) in [6, 6.07) is 6.66. The van der Waals surface area contributed by atoms with E-state index in [9.17, 15) is 0 Å². The van der Waals surface area contributed by atoms with Crippen molar-refractivity contribution >= 4 is 34.8 Å². The second kappa shape index (κ2) is 4.87. The van der Waals surface area contributed by atoms with Crippen LogP contribution in [-0.2, 0) is 0 Å². The van der Waals surface area contributed by atoms with Gasteiger partial charge in [0.05, 0.1) is 5.02 Å². The summed E-state index contributed by atoms with van der Waals surface area (Å²) in [6.45, 7) is 0. The lowest BCUT2D eigenvalue weighted by Crippen LogP contribution is -1.90. The van der Waals surface area contributed by atoms with Crippen molar-refractivity contribution in [3.8, 4) is 11.6 Å². The first-order chi connectivity index (χ1) is 7.66. The van der Waals surface area contributed by atoms with Crippen molar-refractivity contribution in [1.82, 2.24) is 9.97 Å². The van der Waals surface area contributed by atoms with Gasteiger partial charge in [0.2, 0.25) is 11.2 Å². The van der Waals surface area contributed by atoms with E-state index in [4.69, 9.17) is 39.5 Å². The van der Waals surface area contributed by atoms with Crippen molar-refractivity contribution < 1.29 is 4.74 Å². The standard InChI is InChI=1S/C10H5Cl3N2O/c11-6-2-1-3-7(9(6)12)16-8-4-5-14-10(13)15-8/h1-5H. The molecule has 1 aromatic carbocycles. The zero-order valence-corrected chi connectivity index (χ0v) is 10.1. The average Bonchev–Trinajstić information content (AvgIpc) is 2.25. The van der Waals surface area contributed by atoms with Crippen molar-refractivity contribution in [2.75, 3.05) is 0 Å². The molecule has 0 unspecified atom stereocenters. The molecule has 0 bridgehead atoms. The minimum absolute atomic E-state index is 0.107. The van der Waals surface area contributed by atoms with E-state index >= 15 is 0 Å². The normalized spacial score (nSPS) is 10.2. The second-order valence-corrected chi connectivity index (χ2v) is 3.94. The smallest absolute Gasteiger partial charge is 0.225 e. The Morgan fingerprint density at radius 1 is 1.06 bits per heavy atom. The Balaban J connectivity index is 2.31. The third-order valence-electron chi connectivity index (χ3n) is 1.73. The fourth-order valence-corrected chi connectivity index (χ4v) is 1.52. The number of benzene rings is 1.